The summed E-state index contributed by atoms with van der Waals surface area (Å²) in [6.07, 6.45) is 4.09. The van der Waals surface area contributed by atoms with E-state index in [-0.39, 0.29) is 0 Å². The molecule has 100 valence electrons. The van der Waals surface area contributed by atoms with Crippen molar-refractivity contribution >= 4 is 10.9 Å². The zero-order valence-corrected chi connectivity index (χ0v) is 11.8. The number of pyridine rings is 1. The highest BCUT2D eigenvalue weighted by molar-refractivity contribution is 5.82. The van der Waals surface area contributed by atoms with Crippen LogP contribution in [0.2, 0.25) is 0 Å². The monoisotopic (exact) mass is 254 g/mol. The Balaban J connectivity index is 2.10. The third kappa shape index (κ3) is 2.37. The maximum Gasteiger partial charge on any atom is 0.0708 e. The molecule has 1 N–H and O–H groups in total. The second-order valence-electron chi connectivity index (χ2n) is 5.60. The van der Waals surface area contributed by atoms with Gasteiger partial charge in [0.15, 0.2) is 0 Å². The molecule has 1 atom stereocenters. The van der Waals surface area contributed by atoms with Crippen LogP contribution in [-0.2, 0) is 0 Å². The van der Waals surface area contributed by atoms with Gasteiger partial charge in [-0.1, -0.05) is 31.5 Å². The van der Waals surface area contributed by atoms with Crippen molar-refractivity contribution in [3.8, 4) is 0 Å². The van der Waals surface area contributed by atoms with Crippen LogP contribution in [0.3, 0.4) is 0 Å². The third-order valence-corrected chi connectivity index (χ3v) is 4.26. The number of hydrogen-bond donors (Lipinski definition) is 1. The van der Waals surface area contributed by atoms with Gasteiger partial charge in [0.05, 0.1) is 5.52 Å². The highest BCUT2D eigenvalue weighted by atomic mass is 14.9. The zero-order valence-electron chi connectivity index (χ0n) is 11.8. The summed E-state index contributed by atoms with van der Waals surface area (Å²) in [4.78, 5) is 4.65. The van der Waals surface area contributed by atoms with E-state index in [1.807, 2.05) is 0 Å². The Morgan fingerprint density at radius 1 is 1.32 bits per heavy atom. The molecule has 1 unspecified atom stereocenters. The summed E-state index contributed by atoms with van der Waals surface area (Å²) in [5.74, 6) is 0.796. The molecule has 0 saturated heterocycles. The molecule has 0 bridgehead atoms. The second-order valence-corrected chi connectivity index (χ2v) is 5.60. The summed E-state index contributed by atoms with van der Waals surface area (Å²) >= 11 is 0. The molecule has 1 aromatic carbocycles. The van der Waals surface area contributed by atoms with E-state index >= 15 is 0 Å². The average molecular weight is 254 g/mol. The van der Waals surface area contributed by atoms with Crippen molar-refractivity contribution in [2.75, 3.05) is 6.54 Å². The van der Waals surface area contributed by atoms with Gasteiger partial charge in [-0.25, -0.2) is 0 Å². The number of rotatable bonds is 4. The lowest BCUT2D eigenvalue weighted by Crippen LogP contribution is -2.32. The first-order chi connectivity index (χ1) is 9.29. The first-order valence-corrected chi connectivity index (χ1v) is 7.39. The fraction of sp³-hybridized carbons (Fsp3) is 0.471. The van der Waals surface area contributed by atoms with Gasteiger partial charge < -0.3 is 5.32 Å². The van der Waals surface area contributed by atoms with Crippen LogP contribution >= 0.6 is 0 Å². The molecule has 1 aromatic heterocycles. The van der Waals surface area contributed by atoms with E-state index in [2.05, 4.69) is 54.5 Å². The van der Waals surface area contributed by atoms with Gasteiger partial charge in [-0.15, -0.1) is 0 Å². The topological polar surface area (TPSA) is 24.9 Å². The largest absolute Gasteiger partial charge is 0.310 e. The number of benzene rings is 1. The fourth-order valence-corrected chi connectivity index (χ4v) is 3.12. The van der Waals surface area contributed by atoms with Gasteiger partial charge in [-0.2, -0.15) is 0 Å². The van der Waals surface area contributed by atoms with Crippen molar-refractivity contribution in [2.45, 2.75) is 39.2 Å². The molecular weight excluding hydrogens is 232 g/mol. The van der Waals surface area contributed by atoms with E-state index in [1.165, 1.54) is 30.2 Å². The minimum absolute atomic E-state index is 0.491. The molecule has 1 aliphatic carbocycles. The molecule has 0 spiro atoms. The molecule has 1 aliphatic rings. The van der Waals surface area contributed by atoms with Crippen molar-refractivity contribution in [3.05, 3.63) is 41.6 Å². The predicted octanol–water partition coefficient (Wildman–Crippen LogP) is 3.99. The molecule has 0 radical (unpaired) electrons. The first-order valence-electron chi connectivity index (χ1n) is 7.39. The van der Waals surface area contributed by atoms with Crippen LogP contribution in [0.4, 0.5) is 0 Å². The lowest BCUT2D eigenvalue weighted by atomic mass is 9.76. The minimum atomic E-state index is 0.491. The molecule has 1 heterocycles. The van der Waals surface area contributed by atoms with Crippen molar-refractivity contribution in [3.63, 3.8) is 0 Å². The van der Waals surface area contributed by atoms with E-state index in [0.717, 1.165) is 23.7 Å². The van der Waals surface area contributed by atoms with Gasteiger partial charge in [0, 0.05) is 17.1 Å². The number of nitrogens with one attached hydrogen (secondary N) is 1. The van der Waals surface area contributed by atoms with Gasteiger partial charge in [-0.05, 0) is 49.9 Å². The molecule has 2 heteroatoms. The molecule has 0 amide bonds. The Kier molecular flexibility index (Phi) is 3.52. The summed E-state index contributed by atoms with van der Waals surface area (Å²) in [6, 6.07) is 11.3. The lowest BCUT2D eigenvalue weighted by Gasteiger charge is -2.35. The quantitative estimate of drug-likeness (QED) is 0.892. The molecule has 0 aliphatic heterocycles. The summed E-state index contributed by atoms with van der Waals surface area (Å²) in [7, 11) is 0. The molecule has 2 nitrogen and oxygen atoms in total. The first kappa shape index (κ1) is 12.6. The Morgan fingerprint density at radius 2 is 2.11 bits per heavy atom. The Labute approximate surface area is 115 Å². The summed E-state index contributed by atoms with van der Waals surface area (Å²) in [5, 5.41) is 5.00. The SMILES string of the molecule is CCNC(c1cc(C)nc2ccccc12)C1CCC1. The number of nitrogens with zero attached hydrogens (tertiary/aromatic N) is 1. The number of para-hydroxylation sites is 1. The average Bonchev–Trinajstić information content (AvgIpc) is 2.35. The van der Waals surface area contributed by atoms with E-state index < -0.39 is 0 Å². The van der Waals surface area contributed by atoms with Crippen molar-refractivity contribution in [1.82, 2.24) is 10.3 Å². The molecule has 19 heavy (non-hydrogen) atoms. The maximum absolute atomic E-state index is 4.65. The van der Waals surface area contributed by atoms with Crippen LogP contribution in [0.1, 0.15) is 43.5 Å². The van der Waals surface area contributed by atoms with Gasteiger partial charge in [0.1, 0.15) is 0 Å². The highest BCUT2D eigenvalue weighted by Gasteiger charge is 2.29. The maximum atomic E-state index is 4.65. The molecular formula is C17H22N2. The van der Waals surface area contributed by atoms with E-state index in [1.54, 1.807) is 0 Å². The van der Waals surface area contributed by atoms with E-state index in [4.69, 9.17) is 0 Å². The molecule has 1 fully saturated rings. The van der Waals surface area contributed by atoms with Gasteiger partial charge in [0.2, 0.25) is 0 Å². The lowest BCUT2D eigenvalue weighted by molar-refractivity contribution is 0.234. The van der Waals surface area contributed by atoms with Gasteiger partial charge in [0.25, 0.3) is 0 Å². The number of aryl methyl sites for hydroxylation is 1. The highest BCUT2D eigenvalue weighted by Crippen LogP contribution is 2.39. The number of aromatic nitrogens is 1. The molecule has 3 rings (SSSR count). The predicted molar refractivity (Wildman–Crippen MR) is 80.2 cm³/mol. The third-order valence-electron chi connectivity index (χ3n) is 4.26. The molecule has 2 aromatic rings. The molecule has 1 saturated carbocycles. The van der Waals surface area contributed by atoms with Crippen LogP contribution in [0, 0.1) is 12.8 Å². The van der Waals surface area contributed by atoms with E-state index in [9.17, 15) is 0 Å². The van der Waals surface area contributed by atoms with E-state index in [0.29, 0.717) is 6.04 Å². The Hall–Kier alpha value is -1.41. The number of fused-ring (bicyclic) bond motifs is 1. The van der Waals surface area contributed by atoms with Crippen molar-refractivity contribution in [2.24, 2.45) is 5.92 Å². The van der Waals surface area contributed by atoms with Gasteiger partial charge in [-0.3, -0.25) is 4.98 Å². The number of hydrogen-bond acceptors (Lipinski definition) is 2. The summed E-state index contributed by atoms with van der Waals surface area (Å²) in [6.45, 7) is 5.32. The summed E-state index contributed by atoms with van der Waals surface area (Å²) < 4.78 is 0. The van der Waals surface area contributed by atoms with Crippen LogP contribution in [0.25, 0.3) is 10.9 Å². The Morgan fingerprint density at radius 3 is 2.79 bits per heavy atom. The zero-order chi connectivity index (χ0) is 13.2. The standard InChI is InChI=1S/C17H22N2/c1-3-18-17(13-7-6-8-13)15-11-12(2)19-16-10-5-4-9-14(15)16/h4-5,9-11,13,17-18H,3,6-8H2,1-2H3. The Bertz CT molecular complexity index is 572. The fourth-order valence-electron chi connectivity index (χ4n) is 3.12. The van der Waals surface area contributed by atoms with Crippen LogP contribution in [-0.4, -0.2) is 11.5 Å². The smallest absolute Gasteiger partial charge is 0.0708 e. The van der Waals surface area contributed by atoms with Crippen LogP contribution in [0.5, 0.6) is 0 Å². The minimum Gasteiger partial charge on any atom is -0.310 e. The van der Waals surface area contributed by atoms with Crippen LogP contribution in [0.15, 0.2) is 30.3 Å². The second kappa shape index (κ2) is 5.30. The van der Waals surface area contributed by atoms with Crippen molar-refractivity contribution in [1.29, 1.82) is 0 Å². The van der Waals surface area contributed by atoms with Gasteiger partial charge >= 0.3 is 0 Å². The summed E-state index contributed by atoms with van der Waals surface area (Å²) in [5.41, 5.74) is 3.69. The normalized spacial score (nSPS) is 17.4. The van der Waals surface area contributed by atoms with Crippen molar-refractivity contribution < 1.29 is 0 Å². The van der Waals surface area contributed by atoms with Crippen LogP contribution < -0.4 is 5.32 Å².